The summed E-state index contributed by atoms with van der Waals surface area (Å²) in [6, 6.07) is 14.4. The summed E-state index contributed by atoms with van der Waals surface area (Å²) in [5.41, 5.74) is 0.581. The number of halogens is 1. The Hall–Kier alpha value is -2.29. The number of hydrogen-bond acceptors (Lipinski definition) is 4. The molecule has 124 valence electrons. The molecule has 0 bridgehead atoms. The average molecular weight is 362 g/mol. The van der Waals surface area contributed by atoms with Crippen LogP contribution in [0.3, 0.4) is 0 Å². The molecule has 0 spiro atoms. The standard InChI is InChI=1S/C18H16ClNO3S/c1-2-10-23-16-5-3-4-14(11-16)12-18(13-20)24(21,22)17-8-6-15(19)7-9-17/h3-9,11-12H,2,10H2,1H3/b18-12+. The van der Waals surface area contributed by atoms with Crippen molar-refractivity contribution < 1.29 is 13.2 Å². The fourth-order valence-electron chi connectivity index (χ4n) is 1.98. The molecule has 0 fully saturated rings. The van der Waals surface area contributed by atoms with Gasteiger partial charge in [0.05, 0.1) is 11.5 Å². The molecule has 2 aromatic rings. The number of ether oxygens (including phenoxy) is 1. The first-order valence-electron chi connectivity index (χ1n) is 7.32. The summed E-state index contributed by atoms with van der Waals surface area (Å²) in [4.78, 5) is -0.310. The highest BCUT2D eigenvalue weighted by Gasteiger charge is 2.20. The SMILES string of the molecule is CCCOc1cccc(/C=C(\C#N)S(=O)(=O)c2ccc(Cl)cc2)c1. The minimum Gasteiger partial charge on any atom is -0.494 e. The second-order valence-corrected chi connectivity index (χ2v) is 7.35. The maximum absolute atomic E-state index is 12.6. The van der Waals surface area contributed by atoms with Gasteiger partial charge in [-0.1, -0.05) is 30.7 Å². The van der Waals surface area contributed by atoms with Gasteiger partial charge in [0.25, 0.3) is 0 Å². The molecule has 24 heavy (non-hydrogen) atoms. The lowest BCUT2D eigenvalue weighted by atomic mass is 10.2. The van der Waals surface area contributed by atoms with Crippen molar-refractivity contribution in [1.82, 2.24) is 0 Å². The minimum absolute atomic E-state index is 0.0260. The van der Waals surface area contributed by atoms with Gasteiger partial charge in [-0.3, -0.25) is 0 Å². The summed E-state index contributed by atoms with van der Waals surface area (Å²) in [6.45, 7) is 2.57. The van der Waals surface area contributed by atoms with E-state index < -0.39 is 9.84 Å². The molecule has 0 aliphatic carbocycles. The van der Waals surface area contributed by atoms with E-state index in [9.17, 15) is 13.7 Å². The summed E-state index contributed by atoms with van der Waals surface area (Å²) < 4.78 is 30.7. The lowest BCUT2D eigenvalue weighted by molar-refractivity contribution is 0.317. The molecule has 4 nitrogen and oxygen atoms in total. The molecule has 0 aromatic heterocycles. The second-order valence-electron chi connectivity index (χ2n) is 5.00. The largest absolute Gasteiger partial charge is 0.494 e. The molecular weight excluding hydrogens is 346 g/mol. The Morgan fingerprint density at radius 2 is 1.96 bits per heavy atom. The van der Waals surface area contributed by atoms with Gasteiger partial charge in [0.15, 0.2) is 0 Å². The highest BCUT2D eigenvalue weighted by Crippen LogP contribution is 2.24. The third-order valence-corrected chi connectivity index (χ3v) is 5.09. The average Bonchev–Trinajstić information content (AvgIpc) is 2.58. The first-order chi connectivity index (χ1) is 11.5. The van der Waals surface area contributed by atoms with E-state index in [4.69, 9.17) is 16.3 Å². The van der Waals surface area contributed by atoms with Crippen LogP contribution in [0.15, 0.2) is 58.3 Å². The van der Waals surface area contributed by atoms with Gasteiger partial charge in [0.2, 0.25) is 9.84 Å². The van der Waals surface area contributed by atoms with Crippen molar-refractivity contribution in [3.8, 4) is 11.8 Å². The summed E-state index contributed by atoms with van der Waals surface area (Å²) in [7, 11) is -3.90. The predicted molar refractivity (Wildman–Crippen MR) is 94.5 cm³/mol. The third-order valence-electron chi connectivity index (χ3n) is 3.15. The van der Waals surface area contributed by atoms with Gasteiger partial charge in [-0.05, 0) is 54.5 Å². The molecule has 0 N–H and O–H groups in total. The molecule has 0 saturated heterocycles. The zero-order chi connectivity index (χ0) is 17.6. The van der Waals surface area contributed by atoms with Gasteiger partial charge < -0.3 is 4.74 Å². The van der Waals surface area contributed by atoms with Crippen molar-refractivity contribution in [3.05, 3.63) is 64.0 Å². The van der Waals surface area contributed by atoms with E-state index in [1.807, 2.05) is 6.92 Å². The molecule has 0 unspecified atom stereocenters. The van der Waals surface area contributed by atoms with Gasteiger partial charge >= 0.3 is 0 Å². The van der Waals surface area contributed by atoms with Crippen molar-refractivity contribution in [1.29, 1.82) is 5.26 Å². The van der Waals surface area contributed by atoms with Gasteiger partial charge in [0.1, 0.15) is 16.7 Å². The Labute approximate surface area is 146 Å². The lowest BCUT2D eigenvalue weighted by Crippen LogP contribution is -2.03. The van der Waals surface area contributed by atoms with E-state index in [0.29, 0.717) is 22.9 Å². The molecular formula is C18H16ClNO3S. The molecule has 2 aromatic carbocycles. The van der Waals surface area contributed by atoms with Crippen LogP contribution in [-0.2, 0) is 9.84 Å². The number of allylic oxidation sites excluding steroid dienone is 1. The van der Waals surface area contributed by atoms with Crippen LogP contribution in [0.25, 0.3) is 6.08 Å². The van der Waals surface area contributed by atoms with Crippen LogP contribution in [0.1, 0.15) is 18.9 Å². The van der Waals surface area contributed by atoms with E-state index in [1.54, 1.807) is 30.3 Å². The third kappa shape index (κ3) is 4.38. The molecule has 0 heterocycles. The van der Waals surface area contributed by atoms with Crippen molar-refractivity contribution in [2.45, 2.75) is 18.2 Å². The van der Waals surface area contributed by atoms with Crippen molar-refractivity contribution in [2.75, 3.05) is 6.61 Å². The van der Waals surface area contributed by atoms with Gasteiger partial charge in [-0.2, -0.15) is 5.26 Å². The Kier molecular flexibility index (Phi) is 6.02. The van der Waals surface area contributed by atoms with Crippen molar-refractivity contribution in [3.63, 3.8) is 0 Å². The Bertz CT molecular complexity index is 881. The molecule has 2 rings (SSSR count). The minimum atomic E-state index is -3.90. The summed E-state index contributed by atoms with van der Waals surface area (Å²) in [5, 5.41) is 9.72. The fraction of sp³-hybridized carbons (Fsp3) is 0.167. The van der Waals surface area contributed by atoms with Crippen LogP contribution in [0.4, 0.5) is 0 Å². The Morgan fingerprint density at radius 3 is 2.58 bits per heavy atom. The van der Waals surface area contributed by atoms with Gasteiger partial charge in [-0.15, -0.1) is 0 Å². The lowest BCUT2D eigenvalue weighted by Gasteiger charge is -2.06. The molecule has 0 amide bonds. The van der Waals surface area contributed by atoms with Crippen LogP contribution in [0.2, 0.25) is 5.02 Å². The molecule has 6 heteroatoms. The van der Waals surface area contributed by atoms with Crippen LogP contribution >= 0.6 is 11.6 Å². The van der Waals surface area contributed by atoms with E-state index >= 15 is 0 Å². The molecule has 0 aliphatic rings. The highest BCUT2D eigenvalue weighted by atomic mass is 35.5. The second kappa shape index (κ2) is 8.00. The Morgan fingerprint density at radius 1 is 1.25 bits per heavy atom. The van der Waals surface area contributed by atoms with Crippen LogP contribution in [0.5, 0.6) is 5.75 Å². The number of rotatable bonds is 6. The molecule has 0 aliphatic heterocycles. The number of nitrogens with zero attached hydrogens (tertiary/aromatic N) is 1. The van der Waals surface area contributed by atoms with Crippen LogP contribution < -0.4 is 4.74 Å². The summed E-state index contributed by atoms with van der Waals surface area (Å²) >= 11 is 5.78. The summed E-state index contributed by atoms with van der Waals surface area (Å²) in [6.07, 6.45) is 2.21. The Balaban J connectivity index is 2.38. The normalized spacial score (nSPS) is 11.8. The van der Waals surface area contributed by atoms with E-state index in [2.05, 4.69) is 0 Å². The maximum atomic E-state index is 12.6. The van der Waals surface area contributed by atoms with E-state index in [0.717, 1.165) is 6.42 Å². The van der Waals surface area contributed by atoms with E-state index in [-0.39, 0.29) is 9.80 Å². The molecule has 0 atom stereocenters. The fourth-order valence-corrected chi connectivity index (χ4v) is 3.26. The van der Waals surface area contributed by atoms with Crippen molar-refractivity contribution in [2.24, 2.45) is 0 Å². The predicted octanol–water partition coefficient (Wildman–Crippen LogP) is 4.47. The first-order valence-corrected chi connectivity index (χ1v) is 9.19. The highest BCUT2D eigenvalue weighted by molar-refractivity contribution is 7.95. The first kappa shape index (κ1) is 18.1. The quantitative estimate of drug-likeness (QED) is 0.712. The topological polar surface area (TPSA) is 67.2 Å². The molecule has 0 saturated carbocycles. The smallest absolute Gasteiger partial charge is 0.216 e. The monoisotopic (exact) mass is 361 g/mol. The van der Waals surface area contributed by atoms with Gasteiger partial charge in [0, 0.05) is 5.02 Å². The number of hydrogen-bond donors (Lipinski definition) is 0. The number of benzene rings is 2. The van der Waals surface area contributed by atoms with Gasteiger partial charge in [-0.25, -0.2) is 8.42 Å². The van der Waals surface area contributed by atoms with Crippen molar-refractivity contribution >= 4 is 27.5 Å². The number of nitriles is 1. The summed E-state index contributed by atoms with van der Waals surface area (Å²) in [5.74, 6) is 0.631. The number of sulfone groups is 1. The van der Waals surface area contributed by atoms with E-state index in [1.165, 1.54) is 30.3 Å². The molecule has 0 radical (unpaired) electrons. The zero-order valence-corrected chi connectivity index (χ0v) is 14.6. The maximum Gasteiger partial charge on any atom is 0.216 e. The zero-order valence-electron chi connectivity index (χ0n) is 13.1. The van der Waals surface area contributed by atoms with Crippen LogP contribution in [-0.4, -0.2) is 15.0 Å². The van der Waals surface area contributed by atoms with Crippen LogP contribution in [0, 0.1) is 11.3 Å².